The van der Waals surface area contributed by atoms with Gasteiger partial charge in [0.15, 0.2) is 0 Å². The van der Waals surface area contributed by atoms with Crippen LogP contribution in [0.3, 0.4) is 0 Å². The summed E-state index contributed by atoms with van der Waals surface area (Å²) in [6, 6.07) is 2.31. The van der Waals surface area contributed by atoms with Crippen LogP contribution in [0.2, 0.25) is 0 Å². The average molecular weight is 202 g/mol. The molecule has 4 heteroatoms. The molecule has 1 fully saturated rings. The Morgan fingerprint density at radius 3 is 3.20 bits per heavy atom. The quantitative estimate of drug-likeness (QED) is 0.663. The molecule has 78 valence electrons. The molecule has 2 rings (SSSR count). The van der Waals surface area contributed by atoms with Crippen molar-refractivity contribution in [3.63, 3.8) is 0 Å². The van der Waals surface area contributed by atoms with E-state index in [1.807, 2.05) is 6.07 Å². The topological polar surface area (TPSA) is 41.0 Å². The summed E-state index contributed by atoms with van der Waals surface area (Å²) in [5.41, 5.74) is 0.644. The molecule has 1 aromatic heterocycles. The number of nitrogens with one attached hydrogen (secondary N) is 1. The van der Waals surface area contributed by atoms with Crippen LogP contribution in [0, 0.1) is 12.3 Å². The Labute approximate surface area is 89.7 Å². The highest BCUT2D eigenvalue weighted by Gasteiger charge is 2.19. The molecule has 0 radical (unpaired) electrons. The Morgan fingerprint density at radius 1 is 1.60 bits per heavy atom. The summed E-state index contributed by atoms with van der Waals surface area (Å²) in [5.74, 6) is 3.45. The van der Waals surface area contributed by atoms with Crippen LogP contribution in [0.4, 0.5) is 5.82 Å². The smallest absolute Gasteiger partial charge is 0.133 e. The molecule has 1 aliphatic heterocycles. The summed E-state index contributed by atoms with van der Waals surface area (Å²) < 4.78 is 0. The minimum atomic E-state index is 0.444. The molecule has 0 bridgehead atoms. The molecule has 1 atom stereocenters. The molecule has 1 saturated heterocycles. The zero-order valence-corrected chi connectivity index (χ0v) is 8.77. The first-order chi connectivity index (χ1) is 7.31. The first kappa shape index (κ1) is 9.94. The monoisotopic (exact) mass is 202 g/mol. The molecule has 0 unspecified atom stereocenters. The van der Waals surface area contributed by atoms with Crippen molar-refractivity contribution >= 4 is 5.82 Å². The number of piperazine rings is 1. The third-order valence-electron chi connectivity index (χ3n) is 2.60. The molecular weight excluding hydrogens is 188 g/mol. The zero-order chi connectivity index (χ0) is 10.7. The van der Waals surface area contributed by atoms with Gasteiger partial charge in [-0.3, -0.25) is 0 Å². The first-order valence-corrected chi connectivity index (χ1v) is 5.07. The number of terminal acetylenes is 1. The molecule has 1 aliphatic rings. The maximum absolute atomic E-state index is 5.31. The van der Waals surface area contributed by atoms with Gasteiger partial charge in [-0.05, 0) is 6.92 Å². The van der Waals surface area contributed by atoms with Crippen molar-refractivity contribution in [1.29, 1.82) is 0 Å². The number of hydrogen-bond donors (Lipinski definition) is 1. The normalized spacial score (nSPS) is 21.1. The minimum Gasteiger partial charge on any atom is -0.351 e. The van der Waals surface area contributed by atoms with E-state index in [-0.39, 0.29) is 0 Å². The Balaban J connectivity index is 2.24. The lowest BCUT2D eigenvalue weighted by molar-refractivity contribution is 0.497. The van der Waals surface area contributed by atoms with Crippen LogP contribution >= 0.6 is 0 Å². The Kier molecular flexibility index (Phi) is 2.84. The molecule has 0 spiro atoms. The van der Waals surface area contributed by atoms with Crippen molar-refractivity contribution in [3.8, 4) is 12.3 Å². The van der Waals surface area contributed by atoms with Gasteiger partial charge in [0, 0.05) is 31.7 Å². The summed E-state index contributed by atoms with van der Waals surface area (Å²) in [6.07, 6.45) is 6.84. The number of aromatic nitrogens is 2. The van der Waals surface area contributed by atoms with Crippen LogP contribution in [0.5, 0.6) is 0 Å². The highest BCUT2D eigenvalue weighted by molar-refractivity contribution is 5.44. The zero-order valence-electron chi connectivity index (χ0n) is 8.77. The molecule has 4 nitrogen and oxygen atoms in total. The number of rotatable bonds is 1. The van der Waals surface area contributed by atoms with Gasteiger partial charge in [0.2, 0.25) is 0 Å². The standard InChI is InChI=1S/C11H14N4/c1-3-10-6-11(14-8-13-10)15-5-4-12-7-9(15)2/h1,6,8-9,12H,4-5,7H2,2H3/t9-/m0/s1. The predicted molar refractivity (Wildman–Crippen MR) is 59.6 cm³/mol. The maximum Gasteiger partial charge on any atom is 0.133 e. The van der Waals surface area contributed by atoms with Gasteiger partial charge in [0.1, 0.15) is 17.8 Å². The molecule has 0 aromatic carbocycles. The van der Waals surface area contributed by atoms with Crippen molar-refractivity contribution in [2.45, 2.75) is 13.0 Å². The van der Waals surface area contributed by atoms with Crippen LogP contribution in [-0.2, 0) is 0 Å². The van der Waals surface area contributed by atoms with E-state index in [4.69, 9.17) is 6.42 Å². The fourth-order valence-corrected chi connectivity index (χ4v) is 1.76. The fraction of sp³-hybridized carbons (Fsp3) is 0.455. The van der Waals surface area contributed by atoms with Crippen LogP contribution < -0.4 is 10.2 Å². The summed E-state index contributed by atoms with van der Waals surface area (Å²) in [6.45, 7) is 5.10. The van der Waals surface area contributed by atoms with E-state index in [0.29, 0.717) is 11.7 Å². The SMILES string of the molecule is C#Cc1cc(N2CCNC[C@@H]2C)ncn1. The number of hydrogen-bond acceptors (Lipinski definition) is 4. The van der Waals surface area contributed by atoms with E-state index in [1.54, 1.807) is 0 Å². The second-order valence-electron chi connectivity index (χ2n) is 3.65. The fourth-order valence-electron chi connectivity index (χ4n) is 1.76. The van der Waals surface area contributed by atoms with Crippen LogP contribution in [0.1, 0.15) is 12.6 Å². The maximum atomic E-state index is 5.31. The average Bonchev–Trinajstić information content (AvgIpc) is 2.30. The predicted octanol–water partition coefficient (Wildman–Crippen LogP) is 0.256. The molecule has 1 aromatic rings. The highest BCUT2D eigenvalue weighted by atomic mass is 15.3. The van der Waals surface area contributed by atoms with Gasteiger partial charge in [0.05, 0.1) is 0 Å². The molecule has 15 heavy (non-hydrogen) atoms. The first-order valence-electron chi connectivity index (χ1n) is 5.07. The van der Waals surface area contributed by atoms with Crippen LogP contribution in [0.25, 0.3) is 0 Å². The lowest BCUT2D eigenvalue weighted by atomic mass is 10.2. The molecule has 2 heterocycles. The van der Waals surface area contributed by atoms with E-state index < -0.39 is 0 Å². The van der Waals surface area contributed by atoms with Crippen molar-refractivity contribution < 1.29 is 0 Å². The van der Waals surface area contributed by atoms with Gasteiger partial charge in [-0.25, -0.2) is 9.97 Å². The van der Waals surface area contributed by atoms with E-state index >= 15 is 0 Å². The van der Waals surface area contributed by atoms with E-state index in [1.165, 1.54) is 6.33 Å². The largest absolute Gasteiger partial charge is 0.351 e. The summed E-state index contributed by atoms with van der Waals surface area (Å²) in [4.78, 5) is 10.5. The van der Waals surface area contributed by atoms with E-state index in [0.717, 1.165) is 25.5 Å². The lowest BCUT2D eigenvalue weighted by Gasteiger charge is -2.34. The lowest BCUT2D eigenvalue weighted by Crippen LogP contribution is -2.50. The highest BCUT2D eigenvalue weighted by Crippen LogP contribution is 2.15. The molecule has 0 amide bonds. The van der Waals surface area contributed by atoms with E-state index in [9.17, 15) is 0 Å². The van der Waals surface area contributed by atoms with E-state index in [2.05, 4.69) is 33.0 Å². The Hall–Kier alpha value is -1.60. The van der Waals surface area contributed by atoms with Crippen molar-refractivity contribution in [1.82, 2.24) is 15.3 Å². The minimum absolute atomic E-state index is 0.444. The Morgan fingerprint density at radius 2 is 2.47 bits per heavy atom. The summed E-state index contributed by atoms with van der Waals surface area (Å²) in [5, 5.41) is 3.34. The summed E-state index contributed by atoms with van der Waals surface area (Å²) >= 11 is 0. The van der Waals surface area contributed by atoms with Crippen molar-refractivity contribution in [3.05, 3.63) is 18.1 Å². The van der Waals surface area contributed by atoms with Crippen LogP contribution in [0.15, 0.2) is 12.4 Å². The third-order valence-corrected chi connectivity index (χ3v) is 2.60. The molecular formula is C11H14N4. The van der Waals surface area contributed by atoms with Crippen LogP contribution in [-0.4, -0.2) is 35.6 Å². The Bertz CT molecular complexity index is 382. The van der Waals surface area contributed by atoms with Gasteiger partial charge < -0.3 is 10.2 Å². The second-order valence-corrected chi connectivity index (χ2v) is 3.65. The van der Waals surface area contributed by atoms with Gasteiger partial charge >= 0.3 is 0 Å². The van der Waals surface area contributed by atoms with Crippen molar-refractivity contribution in [2.75, 3.05) is 24.5 Å². The van der Waals surface area contributed by atoms with Gasteiger partial charge in [-0.2, -0.15) is 0 Å². The van der Waals surface area contributed by atoms with Gasteiger partial charge in [-0.1, -0.05) is 5.92 Å². The van der Waals surface area contributed by atoms with Crippen molar-refractivity contribution in [2.24, 2.45) is 0 Å². The summed E-state index contributed by atoms with van der Waals surface area (Å²) in [7, 11) is 0. The number of nitrogens with zero attached hydrogens (tertiary/aromatic N) is 3. The van der Waals surface area contributed by atoms with Gasteiger partial charge in [0.25, 0.3) is 0 Å². The molecule has 1 N–H and O–H groups in total. The van der Waals surface area contributed by atoms with Gasteiger partial charge in [-0.15, -0.1) is 6.42 Å². The molecule has 0 saturated carbocycles. The second kappa shape index (κ2) is 4.28. The number of anilines is 1. The third kappa shape index (κ3) is 2.08. The molecule has 0 aliphatic carbocycles.